The van der Waals surface area contributed by atoms with E-state index < -0.39 is 6.10 Å². The fourth-order valence-electron chi connectivity index (χ4n) is 5.46. The molecular formula is C27H40N4O2. The third kappa shape index (κ3) is 5.84. The highest BCUT2D eigenvalue weighted by molar-refractivity contribution is 5.92. The van der Waals surface area contributed by atoms with Gasteiger partial charge in [0.05, 0.1) is 6.10 Å². The maximum absolute atomic E-state index is 13.0. The highest BCUT2D eigenvalue weighted by Gasteiger charge is 2.39. The Balaban J connectivity index is 1.51. The van der Waals surface area contributed by atoms with Crippen molar-refractivity contribution in [2.24, 2.45) is 11.8 Å². The van der Waals surface area contributed by atoms with E-state index in [0.717, 1.165) is 47.6 Å². The number of aliphatic hydroxyl groups is 1. The molecule has 180 valence electrons. The summed E-state index contributed by atoms with van der Waals surface area (Å²) in [7, 11) is 0. The topological polar surface area (TPSA) is 80.0 Å². The Bertz CT molecular complexity index is 970. The molecule has 1 amide bonds. The van der Waals surface area contributed by atoms with E-state index in [9.17, 15) is 9.90 Å². The van der Waals surface area contributed by atoms with Crippen LogP contribution in [0.25, 0.3) is 0 Å². The van der Waals surface area contributed by atoms with E-state index >= 15 is 0 Å². The summed E-state index contributed by atoms with van der Waals surface area (Å²) in [5.41, 5.74) is 3.07. The normalized spacial score (nSPS) is 22.2. The molecule has 0 saturated heterocycles. The van der Waals surface area contributed by atoms with Crippen LogP contribution in [0.4, 0.5) is 5.69 Å². The monoisotopic (exact) mass is 452 g/mol. The molecule has 2 aliphatic carbocycles. The Morgan fingerprint density at radius 1 is 1.18 bits per heavy atom. The number of rotatable bonds is 10. The number of hydrogen-bond donors (Lipinski definition) is 2. The molecule has 2 fully saturated rings. The fourth-order valence-corrected chi connectivity index (χ4v) is 5.46. The van der Waals surface area contributed by atoms with Gasteiger partial charge in [0.1, 0.15) is 11.6 Å². The zero-order chi connectivity index (χ0) is 23.7. The van der Waals surface area contributed by atoms with Gasteiger partial charge in [-0.25, -0.2) is 0 Å². The highest BCUT2D eigenvalue weighted by Crippen LogP contribution is 2.48. The van der Waals surface area contributed by atoms with E-state index in [1.54, 1.807) is 6.92 Å². The minimum absolute atomic E-state index is 0.0415. The van der Waals surface area contributed by atoms with Gasteiger partial charge in [-0.05, 0) is 82.8 Å². The summed E-state index contributed by atoms with van der Waals surface area (Å²) in [5.74, 6) is 3.81. The van der Waals surface area contributed by atoms with Gasteiger partial charge in [-0.2, -0.15) is 0 Å². The molecular weight excluding hydrogens is 412 g/mol. The second kappa shape index (κ2) is 9.96. The summed E-state index contributed by atoms with van der Waals surface area (Å²) in [6.45, 7) is 10.4. The molecule has 1 aromatic heterocycles. The molecule has 0 radical (unpaired) electrons. The molecule has 2 saturated carbocycles. The van der Waals surface area contributed by atoms with Gasteiger partial charge in [0.15, 0.2) is 0 Å². The van der Waals surface area contributed by atoms with Gasteiger partial charge >= 0.3 is 0 Å². The number of aromatic nitrogens is 3. The van der Waals surface area contributed by atoms with Crippen LogP contribution in [-0.2, 0) is 4.79 Å². The summed E-state index contributed by atoms with van der Waals surface area (Å²) >= 11 is 0. The number of aryl methyl sites for hydroxylation is 2. The number of carbonyl (C=O) groups is 1. The van der Waals surface area contributed by atoms with E-state index in [-0.39, 0.29) is 11.8 Å². The Morgan fingerprint density at radius 3 is 2.52 bits per heavy atom. The zero-order valence-corrected chi connectivity index (χ0v) is 20.8. The molecule has 1 heterocycles. The minimum atomic E-state index is -0.504. The van der Waals surface area contributed by atoms with Crippen molar-refractivity contribution in [2.75, 3.05) is 5.32 Å². The predicted octanol–water partition coefficient (Wildman–Crippen LogP) is 5.65. The van der Waals surface area contributed by atoms with Crippen LogP contribution >= 0.6 is 0 Å². The number of aliphatic hydroxyl groups excluding tert-OH is 1. The van der Waals surface area contributed by atoms with Gasteiger partial charge in [-0.3, -0.25) is 4.79 Å². The number of anilines is 1. The molecule has 6 heteroatoms. The van der Waals surface area contributed by atoms with Crippen LogP contribution in [0.15, 0.2) is 18.2 Å². The van der Waals surface area contributed by atoms with Gasteiger partial charge < -0.3 is 15.0 Å². The van der Waals surface area contributed by atoms with E-state index in [1.807, 2.05) is 26.0 Å². The van der Waals surface area contributed by atoms with Crippen molar-refractivity contribution in [1.82, 2.24) is 14.8 Å². The molecule has 2 aliphatic rings. The third-order valence-corrected chi connectivity index (χ3v) is 7.14. The molecule has 0 aliphatic heterocycles. The van der Waals surface area contributed by atoms with E-state index in [0.29, 0.717) is 24.8 Å². The molecule has 4 rings (SSSR count). The van der Waals surface area contributed by atoms with E-state index in [1.165, 1.54) is 24.8 Å². The lowest BCUT2D eigenvalue weighted by Gasteiger charge is -2.36. The number of nitrogens with one attached hydrogen (secondary N) is 1. The largest absolute Gasteiger partial charge is 0.393 e. The maximum atomic E-state index is 13.0. The smallest absolute Gasteiger partial charge is 0.225 e. The highest BCUT2D eigenvalue weighted by atomic mass is 16.3. The predicted molar refractivity (Wildman–Crippen MR) is 131 cm³/mol. The van der Waals surface area contributed by atoms with Crippen LogP contribution in [0.1, 0.15) is 106 Å². The van der Waals surface area contributed by atoms with E-state index in [4.69, 9.17) is 0 Å². The molecule has 2 atom stereocenters. The van der Waals surface area contributed by atoms with Crippen LogP contribution in [-0.4, -0.2) is 31.9 Å². The van der Waals surface area contributed by atoms with Gasteiger partial charge in [-0.15, -0.1) is 10.2 Å². The number of amides is 1. The molecule has 0 bridgehead atoms. The molecule has 0 unspecified atom stereocenters. The summed E-state index contributed by atoms with van der Waals surface area (Å²) in [4.78, 5) is 13.0. The van der Waals surface area contributed by atoms with Crippen LogP contribution in [0.5, 0.6) is 0 Å². The first-order valence-corrected chi connectivity index (χ1v) is 12.7. The molecule has 6 nitrogen and oxygen atoms in total. The fraction of sp³-hybridized carbons (Fsp3) is 0.667. The lowest BCUT2D eigenvalue weighted by molar-refractivity contribution is -0.116. The van der Waals surface area contributed by atoms with Crippen molar-refractivity contribution in [3.8, 4) is 0 Å². The summed E-state index contributed by atoms with van der Waals surface area (Å²) in [6.07, 6.45) is 6.26. The zero-order valence-electron chi connectivity index (χ0n) is 20.8. The summed E-state index contributed by atoms with van der Waals surface area (Å²) < 4.78 is 2.34. The Morgan fingerprint density at radius 2 is 1.91 bits per heavy atom. The Kier molecular flexibility index (Phi) is 7.22. The number of nitrogens with zero attached hydrogens (tertiary/aromatic N) is 3. The summed E-state index contributed by atoms with van der Waals surface area (Å²) in [5, 5.41) is 22.6. The van der Waals surface area contributed by atoms with Gasteiger partial charge in [0.2, 0.25) is 5.91 Å². The average molecular weight is 453 g/mol. The first kappa shape index (κ1) is 23.9. The lowest BCUT2D eigenvalue weighted by Crippen LogP contribution is -2.27. The van der Waals surface area contributed by atoms with Crippen molar-refractivity contribution >= 4 is 11.6 Å². The van der Waals surface area contributed by atoms with Crippen LogP contribution in [0.3, 0.4) is 0 Å². The molecule has 2 N–H and O–H groups in total. The van der Waals surface area contributed by atoms with Crippen molar-refractivity contribution in [3.63, 3.8) is 0 Å². The van der Waals surface area contributed by atoms with E-state index in [2.05, 4.69) is 40.0 Å². The second-order valence-corrected chi connectivity index (χ2v) is 11.0. The van der Waals surface area contributed by atoms with Crippen LogP contribution < -0.4 is 5.32 Å². The first-order valence-electron chi connectivity index (χ1n) is 12.7. The molecule has 2 aromatic rings. The SMILES string of the molecule is Cc1ccc(NC(=O)C[C@H](C[C@H](C)O)c2nnc(C3CC(CC(C)C)C3)n2C2CC2)c(C)c1. The summed E-state index contributed by atoms with van der Waals surface area (Å²) in [6, 6.07) is 6.50. The molecule has 0 spiro atoms. The van der Waals surface area contributed by atoms with Gasteiger partial charge in [0, 0.05) is 30.0 Å². The van der Waals surface area contributed by atoms with Gasteiger partial charge in [-0.1, -0.05) is 31.5 Å². The van der Waals surface area contributed by atoms with Crippen molar-refractivity contribution in [1.29, 1.82) is 0 Å². The van der Waals surface area contributed by atoms with Crippen molar-refractivity contribution < 1.29 is 9.90 Å². The van der Waals surface area contributed by atoms with Gasteiger partial charge in [0.25, 0.3) is 0 Å². The van der Waals surface area contributed by atoms with Crippen LogP contribution in [0, 0.1) is 25.7 Å². The number of benzene rings is 1. The first-order chi connectivity index (χ1) is 15.7. The molecule has 33 heavy (non-hydrogen) atoms. The standard InChI is InChI=1S/C27H40N4O2/c1-16(2)10-20-13-22(14-20)27-30-29-26(31(27)23-7-8-23)21(12-19(5)32)15-25(33)28-24-9-6-17(3)11-18(24)4/h6,9,11,16,19-23,32H,7-8,10,12-15H2,1-5H3,(H,28,33)/t19-,20?,21-,22?/m0/s1. The van der Waals surface area contributed by atoms with Crippen molar-refractivity contribution in [2.45, 2.75) is 104 Å². The second-order valence-electron chi connectivity index (χ2n) is 11.0. The average Bonchev–Trinajstić information content (AvgIpc) is 3.44. The van der Waals surface area contributed by atoms with Crippen molar-refractivity contribution in [3.05, 3.63) is 41.0 Å². The maximum Gasteiger partial charge on any atom is 0.225 e. The quantitative estimate of drug-likeness (QED) is 0.488. The minimum Gasteiger partial charge on any atom is -0.393 e. The number of hydrogen-bond acceptors (Lipinski definition) is 4. The van der Waals surface area contributed by atoms with Crippen LogP contribution in [0.2, 0.25) is 0 Å². The lowest BCUT2D eigenvalue weighted by atomic mass is 9.71. The third-order valence-electron chi connectivity index (χ3n) is 7.14. The molecule has 1 aromatic carbocycles. The number of carbonyl (C=O) groups excluding carboxylic acids is 1. The Labute approximate surface area is 198 Å². The Hall–Kier alpha value is -2.21.